The molecule has 0 saturated carbocycles. The number of benzene rings is 1. The normalized spacial score (nSPS) is 10.5. The lowest BCUT2D eigenvalue weighted by Gasteiger charge is -2.21. The molecule has 0 unspecified atom stereocenters. The Kier molecular flexibility index (Phi) is 6.19. The van der Waals surface area contributed by atoms with Gasteiger partial charge in [-0.3, -0.25) is 0 Å². The van der Waals surface area contributed by atoms with Crippen molar-refractivity contribution in [2.24, 2.45) is 0 Å². The molecule has 1 N–H and O–H groups in total. The lowest BCUT2D eigenvalue weighted by atomic mass is 10.2. The Hall–Kier alpha value is -2.10. The molecule has 0 aliphatic heterocycles. The van der Waals surface area contributed by atoms with Crippen LogP contribution in [-0.4, -0.2) is 29.6 Å². The lowest BCUT2D eigenvalue weighted by molar-refractivity contribution is 0.825. The Balaban J connectivity index is 2.35. The molecule has 118 valence electrons. The first kappa shape index (κ1) is 16.3. The molecular weight excluding hydrogens is 272 g/mol. The van der Waals surface area contributed by atoms with Gasteiger partial charge >= 0.3 is 0 Å². The minimum absolute atomic E-state index is 0.781. The molecule has 1 aromatic heterocycles. The van der Waals surface area contributed by atoms with Crippen LogP contribution in [0.1, 0.15) is 33.6 Å². The molecule has 2 rings (SSSR count). The van der Waals surface area contributed by atoms with Crippen LogP contribution in [0.5, 0.6) is 0 Å². The summed E-state index contributed by atoms with van der Waals surface area (Å²) in [6, 6.07) is 12.2. The van der Waals surface area contributed by atoms with Crippen molar-refractivity contribution in [3.05, 3.63) is 36.4 Å². The summed E-state index contributed by atoms with van der Waals surface area (Å²) in [5, 5.41) is 3.42. The first-order valence-electron chi connectivity index (χ1n) is 8.21. The van der Waals surface area contributed by atoms with Crippen molar-refractivity contribution < 1.29 is 0 Å². The van der Waals surface area contributed by atoms with Gasteiger partial charge in [0.15, 0.2) is 5.82 Å². The van der Waals surface area contributed by atoms with E-state index in [-0.39, 0.29) is 0 Å². The maximum Gasteiger partial charge on any atom is 0.163 e. The highest BCUT2D eigenvalue weighted by atomic mass is 15.2. The number of unbranched alkanes of at least 4 members (excludes halogenated alkanes) is 1. The molecule has 0 aliphatic carbocycles. The first-order valence-corrected chi connectivity index (χ1v) is 8.21. The second-order valence-electron chi connectivity index (χ2n) is 5.25. The number of aromatic nitrogens is 2. The zero-order valence-corrected chi connectivity index (χ0v) is 13.8. The molecule has 0 bridgehead atoms. The quantitative estimate of drug-likeness (QED) is 0.741. The molecule has 2 aromatic rings. The van der Waals surface area contributed by atoms with E-state index in [2.05, 4.69) is 54.2 Å². The summed E-state index contributed by atoms with van der Waals surface area (Å²) in [5.74, 6) is 2.67. The molecular formula is C18H26N4. The highest BCUT2D eigenvalue weighted by molar-refractivity contribution is 5.61. The summed E-state index contributed by atoms with van der Waals surface area (Å²) in [7, 11) is 0. The Bertz CT molecular complexity index is 565. The topological polar surface area (TPSA) is 41.0 Å². The molecule has 1 heterocycles. The Morgan fingerprint density at radius 3 is 2.36 bits per heavy atom. The van der Waals surface area contributed by atoms with Crippen molar-refractivity contribution in [2.45, 2.75) is 33.6 Å². The van der Waals surface area contributed by atoms with E-state index in [0.29, 0.717) is 0 Å². The van der Waals surface area contributed by atoms with Gasteiger partial charge in [-0.2, -0.15) is 0 Å². The van der Waals surface area contributed by atoms with E-state index < -0.39 is 0 Å². The molecule has 0 saturated heterocycles. The van der Waals surface area contributed by atoms with Crippen LogP contribution in [0.15, 0.2) is 36.4 Å². The molecule has 0 fully saturated rings. The van der Waals surface area contributed by atoms with E-state index >= 15 is 0 Å². The highest BCUT2D eigenvalue weighted by Crippen LogP contribution is 2.22. The second kappa shape index (κ2) is 8.37. The van der Waals surface area contributed by atoms with Gasteiger partial charge in [0, 0.05) is 31.3 Å². The van der Waals surface area contributed by atoms with Gasteiger partial charge in [0.05, 0.1) is 0 Å². The molecule has 4 heteroatoms. The molecule has 4 nitrogen and oxygen atoms in total. The maximum atomic E-state index is 4.75. The smallest absolute Gasteiger partial charge is 0.163 e. The van der Waals surface area contributed by atoms with Crippen molar-refractivity contribution in [3.8, 4) is 11.4 Å². The minimum Gasteiger partial charge on any atom is -0.370 e. The Morgan fingerprint density at radius 2 is 1.73 bits per heavy atom. The Morgan fingerprint density at radius 1 is 1.00 bits per heavy atom. The first-order chi connectivity index (χ1) is 10.8. The van der Waals surface area contributed by atoms with Crippen molar-refractivity contribution in [2.75, 3.05) is 29.9 Å². The third-order valence-corrected chi connectivity index (χ3v) is 3.67. The van der Waals surface area contributed by atoms with E-state index in [9.17, 15) is 0 Å². The van der Waals surface area contributed by atoms with E-state index in [4.69, 9.17) is 4.98 Å². The van der Waals surface area contributed by atoms with Crippen molar-refractivity contribution in [1.82, 2.24) is 9.97 Å². The van der Waals surface area contributed by atoms with Crippen LogP contribution in [-0.2, 0) is 0 Å². The minimum atomic E-state index is 0.781. The number of nitrogens with zero attached hydrogens (tertiary/aromatic N) is 3. The summed E-state index contributed by atoms with van der Waals surface area (Å²) < 4.78 is 0. The van der Waals surface area contributed by atoms with E-state index in [1.54, 1.807) is 0 Å². The molecule has 0 spiro atoms. The maximum absolute atomic E-state index is 4.75. The van der Waals surface area contributed by atoms with Gasteiger partial charge in [-0.1, -0.05) is 43.7 Å². The summed E-state index contributed by atoms with van der Waals surface area (Å²) in [4.78, 5) is 11.7. The predicted molar refractivity (Wildman–Crippen MR) is 94.4 cm³/mol. The fraction of sp³-hybridized carbons (Fsp3) is 0.444. The average Bonchev–Trinajstić information content (AvgIpc) is 2.57. The van der Waals surface area contributed by atoms with Gasteiger partial charge in [0.25, 0.3) is 0 Å². The van der Waals surface area contributed by atoms with Gasteiger partial charge in [-0.05, 0) is 20.3 Å². The van der Waals surface area contributed by atoms with Crippen LogP contribution in [0.3, 0.4) is 0 Å². The molecule has 22 heavy (non-hydrogen) atoms. The number of anilines is 2. The summed E-state index contributed by atoms with van der Waals surface area (Å²) in [5.41, 5.74) is 1.05. The summed E-state index contributed by atoms with van der Waals surface area (Å²) in [6.45, 7) is 9.32. The standard InChI is InChI=1S/C18H26N4/c1-4-7-13-19-16-14-17(22(5-2)6-3)21-18(20-16)15-11-9-8-10-12-15/h8-12,14H,4-7,13H2,1-3H3,(H,19,20,21). The van der Waals surface area contributed by atoms with Crippen LogP contribution < -0.4 is 10.2 Å². The van der Waals surface area contributed by atoms with Gasteiger partial charge in [-0.25, -0.2) is 9.97 Å². The van der Waals surface area contributed by atoms with Crippen LogP contribution in [0.4, 0.5) is 11.6 Å². The third kappa shape index (κ3) is 4.20. The zero-order valence-electron chi connectivity index (χ0n) is 13.8. The second-order valence-corrected chi connectivity index (χ2v) is 5.25. The summed E-state index contributed by atoms with van der Waals surface area (Å²) >= 11 is 0. The van der Waals surface area contributed by atoms with Gasteiger partial charge < -0.3 is 10.2 Å². The predicted octanol–water partition coefficient (Wildman–Crippen LogP) is 4.20. The third-order valence-electron chi connectivity index (χ3n) is 3.67. The van der Waals surface area contributed by atoms with Crippen molar-refractivity contribution in [3.63, 3.8) is 0 Å². The summed E-state index contributed by atoms with van der Waals surface area (Å²) in [6.07, 6.45) is 2.32. The SMILES string of the molecule is CCCCNc1cc(N(CC)CC)nc(-c2ccccc2)n1. The highest BCUT2D eigenvalue weighted by Gasteiger charge is 2.10. The number of rotatable bonds is 8. The zero-order chi connectivity index (χ0) is 15.8. The van der Waals surface area contributed by atoms with E-state index in [1.165, 1.54) is 6.42 Å². The van der Waals surface area contributed by atoms with Gasteiger partial charge in [0.1, 0.15) is 11.6 Å². The molecule has 1 aromatic carbocycles. The Labute approximate surface area is 133 Å². The fourth-order valence-corrected chi connectivity index (χ4v) is 2.34. The molecule has 0 aliphatic rings. The van der Waals surface area contributed by atoms with Crippen LogP contribution >= 0.6 is 0 Å². The number of nitrogens with one attached hydrogen (secondary N) is 1. The fourth-order valence-electron chi connectivity index (χ4n) is 2.34. The van der Waals surface area contributed by atoms with Crippen LogP contribution in [0.25, 0.3) is 11.4 Å². The van der Waals surface area contributed by atoms with Crippen molar-refractivity contribution >= 4 is 11.6 Å². The lowest BCUT2D eigenvalue weighted by Crippen LogP contribution is -2.23. The monoisotopic (exact) mass is 298 g/mol. The molecule has 0 amide bonds. The molecule has 0 radical (unpaired) electrons. The van der Waals surface area contributed by atoms with E-state index in [1.807, 2.05) is 18.2 Å². The van der Waals surface area contributed by atoms with Crippen molar-refractivity contribution in [1.29, 1.82) is 0 Å². The molecule has 0 atom stereocenters. The number of hydrogen-bond acceptors (Lipinski definition) is 4. The van der Waals surface area contributed by atoms with Gasteiger partial charge in [0.2, 0.25) is 0 Å². The van der Waals surface area contributed by atoms with Gasteiger partial charge in [-0.15, -0.1) is 0 Å². The van der Waals surface area contributed by atoms with Crippen LogP contribution in [0.2, 0.25) is 0 Å². The number of hydrogen-bond donors (Lipinski definition) is 1. The average molecular weight is 298 g/mol. The largest absolute Gasteiger partial charge is 0.370 e. The van der Waals surface area contributed by atoms with E-state index in [0.717, 1.165) is 49.1 Å². The van der Waals surface area contributed by atoms with Crippen LogP contribution in [0, 0.1) is 0 Å².